The molecule has 2 amide bonds. The molecule has 1 aliphatic rings. The summed E-state index contributed by atoms with van der Waals surface area (Å²) in [6.45, 7) is 2.93. The van der Waals surface area contributed by atoms with E-state index >= 15 is 0 Å². The maximum Gasteiger partial charge on any atom is 0.223 e. The average Bonchev–Trinajstić information content (AvgIpc) is 2.71. The van der Waals surface area contributed by atoms with Crippen molar-refractivity contribution in [3.8, 4) is 0 Å². The molecule has 2 heterocycles. The second-order valence-corrected chi connectivity index (χ2v) is 8.86. The molecule has 0 aromatic carbocycles. The van der Waals surface area contributed by atoms with Crippen molar-refractivity contribution in [1.29, 1.82) is 0 Å². The molecule has 1 aliphatic heterocycles. The number of amides is 2. The van der Waals surface area contributed by atoms with Gasteiger partial charge in [0.1, 0.15) is 0 Å². The zero-order valence-electron chi connectivity index (χ0n) is 15.7. The Morgan fingerprint density at radius 2 is 2.04 bits per heavy atom. The van der Waals surface area contributed by atoms with Gasteiger partial charge in [-0.2, -0.15) is 0 Å². The van der Waals surface area contributed by atoms with Crippen molar-refractivity contribution in [2.24, 2.45) is 5.92 Å². The fraction of sp³-hybridized carbons (Fsp3) is 0.611. The van der Waals surface area contributed by atoms with Gasteiger partial charge in [0.2, 0.25) is 21.8 Å². The molecule has 9 heteroatoms. The number of nitrogens with zero attached hydrogens (tertiary/aromatic N) is 2. The van der Waals surface area contributed by atoms with Crippen LogP contribution >= 0.6 is 0 Å². The smallest absolute Gasteiger partial charge is 0.223 e. The zero-order valence-corrected chi connectivity index (χ0v) is 16.5. The molecule has 0 radical (unpaired) electrons. The molecule has 0 bridgehead atoms. The van der Waals surface area contributed by atoms with E-state index in [1.54, 1.807) is 19.3 Å². The van der Waals surface area contributed by atoms with Crippen LogP contribution in [0.2, 0.25) is 0 Å². The Labute approximate surface area is 160 Å². The lowest BCUT2D eigenvalue weighted by Crippen LogP contribution is -2.36. The van der Waals surface area contributed by atoms with Gasteiger partial charge in [0.25, 0.3) is 0 Å². The number of carbonyl (C=O) groups excluding carboxylic acids is 2. The van der Waals surface area contributed by atoms with E-state index in [1.807, 2.05) is 12.1 Å². The van der Waals surface area contributed by atoms with Crippen LogP contribution in [-0.4, -0.2) is 54.9 Å². The van der Waals surface area contributed by atoms with Gasteiger partial charge in [-0.1, -0.05) is 0 Å². The Morgan fingerprint density at radius 3 is 2.74 bits per heavy atom. The monoisotopic (exact) mass is 396 g/mol. The van der Waals surface area contributed by atoms with E-state index in [-0.39, 0.29) is 36.5 Å². The highest BCUT2D eigenvalue weighted by Gasteiger charge is 2.24. The molecule has 27 heavy (non-hydrogen) atoms. The first-order chi connectivity index (χ1) is 12.9. The van der Waals surface area contributed by atoms with Crippen LogP contribution < -0.4 is 10.6 Å². The molecule has 1 saturated heterocycles. The SMILES string of the molecule is CCS(=O)(=O)N1CCCC(C(=O)NCc2ccncc2)CCNC(=O)CC1. The molecular formula is C18H28N4O4S. The minimum absolute atomic E-state index is 0.00443. The minimum Gasteiger partial charge on any atom is -0.356 e. The third-order valence-electron chi connectivity index (χ3n) is 4.71. The Balaban J connectivity index is 1.98. The Bertz CT molecular complexity index is 724. The second-order valence-electron chi connectivity index (χ2n) is 6.60. The van der Waals surface area contributed by atoms with Crippen LogP contribution in [-0.2, 0) is 26.2 Å². The number of hydrogen-bond donors (Lipinski definition) is 2. The molecule has 2 rings (SSSR count). The van der Waals surface area contributed by atoms with E-state index in [0.717, 1.165) is 5.56 Å². The first kappa shape index (κ1) is 21.3. The maximum atomic E-state index is 12.6. The number of pyridine rings is 1. The summed E-state index contributed by atoms with van der Waals surface area (Å²) in [6.07, 6.45) is 5.18. The Kier molecular flexibility index (Phi) is 8.18. The van der Waals surface area contributed by atoms with Gasteiger partial charge in [-0.25, -0.2) is 12.7 Å². The Morgan fingerprint density at radius 1 is 1.30 bits per heavy atom. The van der Waals surface area contributed by atoms with Gasteiger partial charge in [-0.05, 0) is 43.9 Å². The molecule has 0 aliphatic carbocycles. The van der Waals surface area contributed by atoms with Crippen LogP contribution in [0.3, 0.4) is 0 Å². The highest BCUT2D eigenvalue weighted by atomic mass is 32.2. The van der Waals surface area contributed by atoms with E-state index in [4.69, 9.17) is 0 Å². The quantitative estimate of drug-likeness (QED) is 0.760. The standard InChI is InChI=1S/C18H28N4O4S/c1-2-27(25,26)22-12-3-4-16(7-11-20-17(23)8-13-22)18(24)21-14-15-5-9-19-10-6-15/h5-6,9-10,16H,2-4,7-8,11-14H2,1H3,(H,20,23)(H,21,24). The number of aromatic nitrogens is 1. The summed E-state index contributed by atoms with van der Waals surface area (Å²) in [5, 5.41) is 5.70. The molecular weight excluding hydrogens is 368 g/mol. The average molecular weight is 397 g/mol. The van der Waals surface area contributed by atoms with Crippen molar-refractivity contribution < 1.29 is 18.0 Å². The number of sulfonamides is 1. The topological polar surface area (TPSA) is 108 Å². The molecule has 1 aromatic rings. The Hall–Kier alpha value is -2.00. The van der Waals surface area contributed by atoms with E-state index in [2.05, 4.69) is 15.6 Å². The summed E-state index contributed by atoms with van der Waals surface area (Å²) in [5.74, 6) is -0.532. The lowest BCUT2D eigenvalue weighted by molar-refractivity contribution is -0.126. The summed E-state index contributed by atoms with van der Waals surface area (Å²) in [6, 6.07) is 3.68. The predicted octanol–water partition coefficient (Wildman–Crippen LogP) is 0.656. The van der Waals surface area contributed by atoms with Crippen LogP contribution in [0.15, 0.2) is 24.5 Å². The van der Waals surface area contributed by atoms with E-state index in [0.29, 0.717) is 38.9 Å². The van der Waals surface area contributed by atoms with Gasteiger partial charge in [-0.3, -0.25) is 14.6 Å². The third-order valence-corrected chi connectivity index (χ3v) is 6.59. The van der Waals surface area contributed by atoms with Gasteiger partial charge < -0.3 is 10.6 Å². The van der Waals surface area contributed by atoms with Crippen LogP contribution in [0.4, 0.5) is 0 Å². The van der Waals surface area contributed by atoms with Gasteiger partial charge in [0.05, 0.1) is 5.75 Å². The van der Waals surface area contributed by atoms with Crippen LogP contribution in [0, 0.1) is 5.92 Å². The molecule has 1 aromatic heterocycles. The normalized spacial score (nSPS) is 20.3. The van der Waals surface area contributed by atoms with Gasteiger partial charge in [0.15, 0.2) is 0 Å². The molecule has 0 spiro atoms. The molecule has 1 atom stereocenters. The van der Waals surface area contributed by atoms with Crippen LogP contribution in [0.1, 0.15) is 38.2 Å². The third kappa shape index (κ3) is 6.91. The fourth-order valence-corrected chi connectivity index (χ4v) is 4.17. The highest BCUT2D eigenvalue weighted by molar-refractivity contribution is 7.89. The number of carbonyl (C=O) groups is 2. The van der Waals surface area contributed by atoms with Gasteiger partial charge in [0, 0.05) is 50.9 Å². The van der Waals surface area contributed by atoms with E-state index < -0.39 is 10.0 Å². The summed E-state index contributed by atoms with van der Waals surface area (Å²) in [4.78, 5) is 28.4. The largest absolute Gasteiger partial charge is 0.356 e. The van der Waals surface area contributed by atoms with Crippen LogP contribution in [0.25, 0.3) is 0 Å². The van der Waals surface area contributed by atoms with Crippen molar-refractivity contribution in [2.45, 2.75) is 39.2 Å². The molecule has 150 valence electrons. The van der Waals surface area contributed by atoms with Crippen LogP contribution in [0.5, 0.6) is 0 Å². The maximum absolute atomic E-state index is 12.6. The molecule has 8 nitrogen and oxygen atoms in total. The van der Waals surface area contributed by atoms with Gasteiger partial charge >= 0.3 is 0 Å². The van der Waals surface area contributed by atoms with Crippen molar-refractivity contribution in [3.63, 3.8) is 0 Å². The summed E-state index contributed by atoms with van der Waals surface area (Å²) in [5.41, 5.74) is 0.962. The van der Waals surface area contributed by atoms with E-state index in [9.17, 15) is 18.0 Å². The first-order valence-electron chi connectivity index (χ1n) is 9.33. The van der Waals surface area contributed by atoms with Gasteiger partial charge in [-0.15, -0.1) is 0 Å². The predicted molar refractivity (Wildman–Crippen MR) is 102 cm³/mol. The van der Waals surface area contributed by atoms with Crippen molar-refractivity contribution >= 4 is 21.8 Å². The minimum atomic E-state index is -3.36. The molecule has 1 unspecified atom stereocenters. The summed E-state index contributed by atoms with van der Waals surface area (Å²) >= 11 is 0. The molecule has 2 N–H and O–H groups in total. The first-order valence-corrected chi connectivity index (χ1v) is 10.9. The molecule has 1 fully saturated rings. The number of hydrogen-bond acceptors (Lipinski definition) is 5. The second kappa shape index (κ2) is 10.4. The summed E-state index contributed by atoms with van der Waals surface area (Å²) < 4.78 is 25.8. The number of nitrogens with one attached hydrogen (secondary N) is 2. The highest BCUT2D eigenvalue weighted by Crippen LogP contribution is 2.15. The van der Waals surface area contributed by atoms with Crippen molar-refractivity contribution in [3.05, 3.63) is 30.1 Å². The van der Waals surface area contributed by atoms with E-state index in [1.165, 1.54) is 4.31 Å². The lowest BCUT2D eigenvalue weighted by Gasteiger charge is -2.21. The zero-order chi connectivity index (χ0) is 19.7. The summed E-state index contributed by atoms with van der Waals surface area (Å²) in [7, 11) is -3.36. The fourth-order valence-electron chi connectivity index (χ4n) is 3.03. The van der Waals surface area contributed by atoms with Crippen molar-refractivity contribution in [1.82, 2.24) is 19.9 Å². The molecule has 0 saturated carbocycles. The number of rotatable bonds is 5. The van der Waals surface area contributed by atoms with Crippen molar-refractivity contribution in [2.75, 3.05) is 25.4 Å². The lowest BCUT2D eigenvalue weighted by atomic mass is 9.98.